The van der Waals surface area contributed by atoms with Crippen molar-refractivity contribution in [2.24, 2.45) is 13.0 Å². The van der Waals surface area contributed by atoms with Crippen molar-refractivity contribution in [2.75, 3.05) is 18.8 Å². The number of nitrogens with one attached hydrogen (secondary N) is 1. The molecule has 3 N–H and O–H groups in total. The first kappa shape index (κ1) is 8.56. The third kappa shape index (κ3) is 1.83. The summed E-state index contributed by atoms with van der Waals surface area (Å²) in [6.07, 6.45) is 2.31. The molecule has 2 heterocycles. The van der Waals surface area contributed by atoms with E-state index < -0.39 is 0 Å². The van der Waals surface area contributed by atoms with E-state index in [-0.39, 0.29) is 0 Å². The SMILES string of the molecule is Cn1nc(CC2CCNC2)cc1N. The molecule has 4 heteroatoms. The molecule has 0 saturated carbocycles. The van der Waals surface area contributed by atoms with Crippen LogP contribution in [0.2, 0.25) is 0 Å². The van der Waals surface area contributed by atoms with E-state index in [1.165, 1.54) is 6.42 Å². The Morgan fingerprint density at radius 1 is 1.77 bits per heavy atom. The maximum absolute atomic E-state index is 5.70. The molecule has 1 aliphatic rings. The maximum Gasteiger partial charge on any atom is 0.121 e. The summed E-state index contributed by atoms with van der Waals surface area (Å²) < 4.78 is 1.73. The lowest BCUT2D eigenvalue weighted by Gasteiger charge is -2.03. The Morgan fingerprint density at radius 3 is 3.15 bits per heavy atom. The van der Waals surface area contributed by atoms with Crippen molar-refractivity contribution < 1.29 is 0 Å². The van der Waals surface area contributed by atoms with Crippen LogP contribution >= 0.6 is 0 Å². The van der Waals surface area contributed by atoms with Crippen molar-refractivity contribution in [3.63, 3.8) is 0 Å². The van der Waals surface area contributed by atoms with Gasteiger partial charge in [0, 0.05) is 13.1 Å². The molecular weight excluding hydrogens is 164 g/mol. The van der Waals surface area contributed by atoms with Gasteiger partial charge in [-0.1, -0.05) is 0 Å². The zero-order valence-corrected chi connectivity index (χ0v) is 7.95. The molecule has 1 unspecified atom stereocenters. The molecule has 0 radical (unpaired) electrons. The van der Waals surface area contributed by atoms with Gasteiger partial charge >= 0.3 is 0 Å². The van der Waals surface area contributed by atoms with Gasteiger partial charge in [0.1, 0.15) is 5.82 Å². The second kappa shape index (κ2) is 3.38. The lowest BCUT2D eigenvalue weighted by Crippen LogP contribution is -2.11. The van der Waals surface area contributed by atoms with Gasteiger partial charge in [0.05, 0.1) is 5.69 Å². The minimum Gasteiger partial charge on any atom is -0.384 e. The average molecular weight is 180 g/mol. The molecular formula is C9H16N4. The van der Waals surface area contributed by atoms with Gasteiger partial charge in [-0.3, -0.25) is 4.68 Å². The summed E-state index contributed by atoms with van der Waals surface area (Å²) in [4.78, 5) is 0. The van der Waals surface area contributed by atoms with Gasteiger partial charge in [0.25, 0.3) is 0 Å². The standard InChI is InChI=1S/C9H16N4/c1-13-9(10)5-8(12-13)4-7-2-3-11-6-7/h5,7,11H,2-4,6,10H2,1H3. The number of rotatable bonds is 2. The first-order valence-electron chi connectivity index (χ1n) is 4.75. The highest BCUT2D eigenvalue weighted by atomic mass is 15.3. The molecule has 2 rings (SSSR count). The molecule has 13 heavy (non-hydrogen) atoms. The highest BCUT2D eigenvalue weighted by Crippen LogP contribution is 2.15. The fourth-order valence-electron chi connectivity index (χ4n) is 1.83. The summed E-state index contributed by atoms with van der Waals surface area (Å²) in [5.74, 6) is 1.50. The second-order valence-corrected chi connectivity index (χ2v) is 3.75. The van der Waals surface area contributed by atoms with Crippen molar-refractivity contribution in [1.82, 2.24) is 15.1 Å². The number of hydrogen-bond donors (Lipinski definition) is 2. The van der Waals surface area contributed by atoms with Crippen molar-refractivity contribution in [1.29, 1.82) is 0 Å². The average Bonchev–Trinajstić information content (AvgIpc) is 2.64. The zero-order valence-electron chi connectivity index (χ0n) is 7.95. The van der Waals surface area contributed by atoms with Gasteiger partial charge < -0.3 is 11.1 Å². The van der Waals surface area contributed by atoms with E-state index in [4.69, 9.17) is 5.73 Å². The summed E-state index contributed by atoms with van der Waals surface area (Å²) in [6.45, 7) is 2.27. The second-order valence-electron chi connectivity index (χ2n) is 3.75. The fraction of sp³-hybridized carbons (Fsp3) is 0.667. The monoisotopic (exact) mass is 180 g/mol. The minimum atomic E-state index is 0.745. The summed E-state index contributed by atoms with van der Waals surface area (Å²) >= 11 is 0. The van der Waals surface area contributed by atoms with E-state index >= 15 is 0 Å². The molecule has 0 spiro atoms. The van der Waals surface area contributed by atoms with E-state index in [1.807, 2.05) is 13.1 Å². The van der Waals surface area contributed by atoms with Crippen LogP contribution in [0.25, 0.3) is 0 Å². The third-order valence-electron chi connectivity index (χ3n) is 2.63. The van der Waals surface area contributed by atoms with Crippen LogP contribution in [0, 0.1) is 5.92 Å². The molecule has 72 valence electrons. The Morgan fingerprint density at radius 2 is 2.62 bits per heavy atom. The largest absolute Gasteiger partial charge is 0.384 e. The van der Waals surface area contributed by atoms with Gasteiger partial charge in [-0.05, 0) is 31.8 Å². The number of aromatic nitrogens is 2. The van der Waals surface area contributed by atoms with E-state index in [9.17, 15) is 0 Å². The van der Waals surface area contributed by atoms with Crippen molar-refractivity contribution in [3.8, 4) is 0 Å². The number of anilines is 1. The van der Waals surface area contributed by atoms with Gasteiger partial charge in [-0.15, -0.1) is 0 Å². The summed E-state index contributed by atoms with van der Waals surface area (Å²) in [7, 11) is 1.88. The van der Waals surface area contributed by atoms with E-state index in [0.717, 1.165) is 36.9 Å². The van der Waals surface area contributed by atoms with Crippen LogP contribution in [0.4, 0.5) is 5.82 Å². The first-order chi connectivity index (χ1) is 6.25. The Labute approximate surface area is 78.1 Å². The topological polar surface area (TPSA) is 55.9 Å². The van der Waals surface area contributed by atoms with Gasteiger partial charge in [-0.2, -0.15) is 5.10 Å². The summed E-state index contributed by atoms with van der Waals surface area (Å²) in [6, 6.07) is 1.97. The number of nitrogens with two attached hydrogens (primary N) is 1. The molecule has 1 aliphatic heterocycles. The molecule has 1 fully saturated rings. The van der Waals surface area contributed by atoms with Crippen molar-refractivity contribution in [2.45, 2.75) is 12.8 Å². The Hall–Kier alpha value is -1.03. The number of nitrogen functional groups attached to an aromatic ring is 1. The van der Waals surface area contributed by atoms with E-state index in [1.54, 1.807) is 4.68 Å². The molecule has 0 bridgehead atoms. The molecule has 1 aromatic heterocycles. The third-order valence-corrected chi connectivity index (χ3v) is 2.63. The van der Waals surface area contributed by atoms with Crippen molar-refractivity contribution in [3.05, 3.63) is 11.8 Å². The van der Waals surface area contributed by atoms with Crippen LogP contribution in [-0.2, 0) is 13.5 Å². The lowest BCUT2D eigenvalue weighted by molar-refractivity contribution is 0.565. The lowest BCUT2D eigenvalue weighted by atomic mass is 10.0. The smallest absolute Gasteiger partial charge is 0.121 e. The molecule has 1 aromatic rings. The van der Waals surface area contributed by atoms with Crippen LogP contribution in [0.1, 0.15) is 12.1 Å². The minimum absolute atomic E-state index is 0.745. The van der Waals surface area contributed by atoms with Crippen LogP contribution in [0.5, 0.6) is 0 Å². The molecule has 0 aliphatic carbocycles. The van der Waals surface area contributed by atoms with Gasteiger partial charge in [0.2, 0.25) is 0 Å². The summed E-state index contributed by atoms with van der Waals surface area (Å²) in [5, 5.41) is 7.69. The van der Waals surface area contributed by atoms with Crippen LogP contribution < -0.4 is 11.1 Å². The molecule has 1 saturated heterocycles. The molecule has 0 amide bonds. The fourth-order valence-corrected chi connectivity index (χ4v) is 1.83. The number of aryl methyl sites for hydroxylation is 1. The van der Waals surface area contributed by atoms with Crippen LogP contribution in [0.15, 0.2) is 6.07 Å². The number of hydrogen-bond acceptors (Lipinski definition) is 3. The zero-order chi connectivity index (χ0) is 9.26. The molecule has 4 nitrogen and oxygen atoms in total. The summed E-state index contributed by atoms with van der Waals surface area (Å²) in [5.41, 5.74) is 6.82. The van der Waals surface area contributed by atoms with Gasteiger partial charge in [-0.25, -0.2) is 0 Å². The Kier molecular flexibility index (Phi) is 2.22. The number of nitrogens with zero attached hydrogens (tertiary/aromatic N) is 2. The maximum atomic E-state index is 5.70. The van der Waals surface area contributed by atoms with E-state index in [0.29, 0.717) is 0 Å². The quantitative estimate of drug-likeness (QED) is 0.681. The van der Waals surface area contributed by atoms with Gasteiger partial charge in [0.15, 0.2) is 0 Å². The predicted molar refractivity (Wildman–Crippen MR) is 52.3 cm³/mol. The molecule has 0 aromatic carbocycles. The normalized spacial score (nSPS) is 22.4. The first-order valence-corrected chi connectivity index (χ1v) is 4.75. The van der Waals surface area contributed by atoms with E-state index in [2.05, 4.69) is 10.4 Å². The Bertz CT molecular complexity index is 266. The van der Waals surface area contributed by atoms with Crippen LogP contribution in [-0.4, -0.2) is 22.9 Å². The van der Waals surface area contributed by atoms with Crippen molar-refractivity contribution >= 4 is 5.82 Å². The Balaban J connectivity index is 2.00. The van der Waals surface area contributed by atoms with Crippen LogP contribution in [0.3, 0.4) is 0 Å². The molecule has 1 atom stereocenters. The highest BCUT2D eigenvalue weighted by molar-refractivity contribution is 5.30. The predicted octanol–water partition coefficient (Wildman–Crippen LogP) is 0.154. The highest BCUT2D eigenvalue weighted by Gasteiger charge is 2.16.